The number of hydrogen-bond acceptors (Lipinski definition) is 3. The summed E-state index contributed by atoms with van der Waals surface area (Å²) in [5, 5.41) is 5.07. The second kappa shape index (κ2) is 6.81. The van der Waals surface area contributed by atoms with Crippen LogP contribution in [0.2, 0.25) is 0 Å². The van der Waals surface area contributed by atoms with Gasteiger partial charge in [0.05, 0.1) is 11.9 Å². The van der Waals surface area contributed by atoms with Crippen LogP contribution in [0, 0.1) is 0 Å². The zero-order chi connectivity index (χ0) is 14.3. The van der Waals surface area contributed by atoms with Crippen molar-refractivity contribution >= 4 is 11.7 Å². The predicted molar refractivity (Wildman–Crippen MR) is 63.1 cm³/mol. The molecule has 0 atom stereocenters. The molecular formula is C11H14F3N3O2. The first-order chi connectivity index (χ1) is 8.90. The number of alkyl halides is 3. The Balaban J connectivity index is 2.45. The van der Waals surface area contributed by atoms with Gasteiger partial charge < -0.3 is 15.4 Å². The van der Waals surface area contributed by atoms with Crippen molar-refractivity contribution in [3.8, 4) is 5.88 Å². The van der Waals surface area contributed by atoms with E-state index in [-0.39, 0.29) is 5.88 Å². The Morgan fingerprint density at radius 2 is 2.16 bits per heavy atom. The first-order valence-corrected chi connectivity index (χ1v) is 5.61. The highest BCUT2D eigenvalue weighted by molar-refractivity contribution is 5.88. The maximum absolute atomic E-state index is 11.9. The number of carbonyl (C=O) groups is 1. The third-order valence-electron chi connectivity index (χ3n) is 1.91. The van der Waals surface area contributed by atoms with E-state index in [1.807, 2.05) is 6.92 Å². The topological polar surface area (TPSA) is 63.2 Å². The molecule has 0 aromatic carbocycles. The highest BCUT2D eigenvalue weighted by Gasteiger charge is 2.28. The van der Waals surface area contributed by atoms with E-state index in [4.69, 9.17) is 0 Å². The molecule has 1 aromatic rings. The van der Waals surface area contributed by atoms with Gasteiger partial charge in [0.25, 0.3) is 0 Å². The zero-order valence-electron chi connectivity index (χ0n) is 10.3. The second-order valence-corrected chi connectivity index (χ2v) is 3.67. The number of anilines is 1. The Hall–Kier alpha value is -1.99. The highest BCUT2D eigenvalue weighted by atomic mass is 19.4. The van der Waals surface area contributed by atoms with E-state index < -0.39 is 18.8 Å². The number of rotatable bonds is 5. The van der Waals surface area contributed by atoms with Gasteiger partial charge >= 0.3 is 12.2 Å². The lowest BCUT2D eigenvalue weighted by atomic mass is 10.4. The lowest BCUT2D eigenvalue weighted by molar-refractivity contribution is -0.154. The molecule has 0 radical (unpaired) electrons. The van der Waals surface area contributed by atoms with Gasteiger partial charge in [-0.15, -0.1) is 0 Å². The van der Waals surface area contributed by atoms with Crippen LogP contribution in [-0.4, -0.2) is 30.3 Å². The van der Waals surface area contributed by atoms with Gasteiger partial charge in [-0.1, -0.05) is 6.92 Å². The molecule has 0 bridgehead atoms. The maximum Gasteiger partial charge on any atom is 0.422 e. The number of amides is 2. The minimum atomic E-state index is -4.40. The van der Waals surface area contributed by atoms with Crippen LogP contribution in [0.4, 0.5) is 23.7 Å². The predicted octanol–water partition coefficient (Wildman–Crippen LogP) is 2.55. The molecule has 0 spiro atoms. The van der Waals surface area contributed by atoms with Crippen molar-refractivity contribution in [3.63, 3.8) is 0 Å². The molecule has 1 aromatic heterocycles. The van der Waals surface area contributed by atoms with E-state index in [0.717, 1.165) is 6.42 Å². The van der Waals surface area contributed by atoms with Gasteiger partial charge in [-0.3, -0.25) is 0 Å². The molecule has 5 nitrogen and oxygen atoms in total. The summed E-state index contributed by atoms with van der Waals surface area (Å²) in [4.78, 5) is 14.9. The van der Waals surface area contributed by atoms with Crippen LogP contribution >= 0.6 is 0 Å². The minimum absolute atomic E-state index is 0.156. The molecule has 106 valence electrons. The molecule has 0 saturated carbocycles. The van der Waals surface area contributed by atoms with E-state index in [1.165, 1.54) is 18.3 Å². The van der Waals surface area contributed by atoms with Crippen molar-refractivity contribution in [1.29, 1.82) is 0 Å². The summed E-state index contributed by atoms with van der Waals surface area (Å²) in [5.74, 6) is -0.156. The van der Waals surface area contributed by atoms with Gasteiger partial charge in [0.1, 0.15) is 0 Å². The van der Waals surface area contributed by atoms with Gasteiger partial charge in [0.2, 0.25) is 5.88 Å². The number of nitrogens with one attached hydrogen (secondary N) is 2. The molecule has 0 aliphatic heterocycles. The molecule has 1 rings (SSSR count). The average Bonchev–Trinajstić information content (AvgIpc) is 2.34. The van der Waals surface area contributed by atoms with Crippen LogP contribution in [0.15, 0.2) is 18.3 Å². The van der Waals surface area contributed by atoms with Gasteiger partial charge in [-0.25, -0.2) is 9.78 Å². The lowest BCUT2D eigenvalue weighted by Crippen LogP contribution is -2.29. The second-order valence-electron chi connectivity index (χ2n) is 3.67. The van der Waals surface area contributed by atoms with Gasteiger partial charge in [0, 0.05) is 12.6 Å². The van der Waals surface area contributed by atoms with E-state index >= 15 is 0 Å². The van der Waals surface area contributed by atoms with Crippen LogP contribution in [0.25, 0.3) is 0 Å². The standard InChI is InChI=1S/C11H14F3N3O2/c1-2-5-15-10(18)17-8-3-4-9(16-6-8)19-7-11(12,13)14/h3-4,6H,2,5,7H2,1H3,(H2,15,17,18). The molecule has 2 amide bonds. The molecule has 0 fully saturated rings. The lowest BCUT2D eigenvalue weighted by Gasteiger charge is -2.09. The van der Waals surface area contributed by atoms with Crippen LogP contribution in [0.1, 0.15) is 13.3 Å². The quantitative estimate of drug-likeness (QED) is 0.869. The molecule has 0 aliphatic rings. The summed E-state index contributed by atoms with van der Waals surface area (Å²) in [6.07, 6.45) is -2.38. The molecule has 19 heavy (non-hydrogen) atoms. The number of aromatic nitrogens is 1. The van der Waals surface area contributed by atoms with E-state index in [2.05, 4.69) is 20.4 Å². The summed E-state index contributed by atoms with van der Waals surface area (Å²) in [7, 11) is 0. The van der Waals surface area contributed by atoms with Gasteiger partial charge in [-0.05, 0) is 12.5 Å². The molecule has 1 heterocycles. The number of ether oxygens (including phenoxy) is 1. The van der Waals surface area contributed by atoms with Gasteiger partial charge in [-0.2, -0.15) is 13.2 Å². The van der Waals surface area contributed by atoms with E-state index in [1.54, 1.807) is 0 Å². The fraction of sp³-hybridized carbons (Fsp3) is 0.455. The molecule has 0 aliphatic carbocycles. The van der Waals surface area contributed by atoms with Crippen LogP contribution in [0.3, 0.4) is 0 Å². The minimum Gasteiger partial charge on any atom is -0.468 e. The first-order valence-electron chi connectivity index (χ1n) is 5.61. The SMILES string of the molecule is CCCNC(=O)Nc1ccc(OCC(F)(F)F)nc1. The van der Waals surface area contributed by atoms with Crippen molar-refractivity contribution < 1.29 is 22.7 Å². The van der Waals surface area contributed by atoms with Crippen LogP contribution < -0.4 is 15.4 Å². The maximum atomic E-state index is 11.9. The number of hydrogen-bond donors (Lipinski definition) is 2. The Bertz CT molecular complexity index is 407. The number of pyridine rings is 1. The number of urea groups is 1. The molecule has 0 unspecified atom stereocenters. The fourth-order valence-corrected chi connectivity index (χ4v) is 1.11. The Labute approximate surface area is 108 Å². The van der Waals surface area contributed by atoms with E-state index in [9.17, 15) is 18.0 Å². The van der Waals surface area contributed by atoms with Crippen molar-refractivity contribution in [2.45, 2.75) is 19.5 Å². The number of halogens is 3. The Morgan fingerprint density at radius 3 is 2.68 bits per heavy atom. The average molecular weight is 277 g/mol. The van der Waals surface area contributed by atoms with Crippen molar-refractivity contribution in [2.24, 2.45) is 0 Å². The summed E-state index contributed by atoms with van der Waals surface area (Å²) < 4.78 is 40.1. The van der Waals surface area contributed by atoms with Crippen molar-refractivity contribution in [2.75, 3.05) is 18.5 Å². The summed E-state index contributed by atoms with van der Waals surface area (Å²) in [6, 6.07) is 2.26. The van der Waals surface area contributed by atoms with Gasteiger partial charge in [0.15, 0.2) is 6.61 Å². The summed E-state index contributed by atoms with van der Waals surface area (Å²) in [6.45, 7) is 1.05. The largest absolute Gasteiger partial charge is 0.468 e. The zero-order valence-corrected chi connectivity index (χ0v) is 10.3. The highest BCUT2D eigenvalue weighted by Crippen LogP contribution is 2.17. The van der Waals surface area contributed by atoms with Crippen LogP contribution in [-0.2, 0) is 0 Å². The molecule has 8 heteroatoms. The van der Waals surface area contributed by atoms with Crippen LogP contribution in [0.5, 0.6) is 5.88 Å². The molecule has 0 saturated heterocycles. The summed E-state index contributed by atoms with van der Waals surface area (Å²) >= 11 is 0. The monoisotopic (exact) mass is 277 g/mol. The molecule has 2 N–H and O–H groups in total. The first kappa shape index (κ1) is 15.1. The normalized spacial score (nSPS) is 10.9. The molecular weight excluding hydrogens is 263 g/mol. The Kier molecular flexibility index (Phi) is 5.40. The third-order valence-corrected chi connectivity index (χ3v) is 1.91. The number of carbonyl (C=O) groups excluding carboxylic acids is 1. The smallest absolute Gasteiger partial charge is 0.422 e. The van der Waals surface area contributed by atoms with E-state index in [0.29, 0.717) is 12.2 Å². The number of nitrogens with zero attached hydrogens (tertiary/aromatic N) is 1. The summed E-state index contributed by atoms with van der Waals surface area (Å²) in [5.41, 5.74) is 0.368. The Morgan fingerprint density at radius 1 is 1.42 bits per heavy atom. The van der Waals surface area contributed by atoms with Crippen molar-refractivity contribution in [1.82, 2.24) is 10.3 Å². The van der Waals surface area contributed by atoms with Crippen molar-refractivity contribution in [3.05, 3.63) is 18.3 Å². The fourth-order valence-electron chi connectivity index (χ4n) is 1.11. The third kappa shape index (κ3) is 6.49.